The second-order valence-corrected chi connectivity index (χ2v) is 3.86. The van der Waals surface area contributed by atoms with E-state index in [0.717, 1.165) is 5.69 Å². The first-order valence-corrected chi connectivity index (χ1v) is 5.09. The fourth-order valence-electron chi connectivity index (χ4n) is 1.52. The molecule has 0 unspecified atom stereocenters. The van der Waals surface area contributed by atoms with Crippen molar-refractivity contribution in [2.75, 3.05) is 0 Å². The maximum absolute atomic E-state index is 11.4. The third-order valence-electron chi connectivity index (χ3n) is 2.65. The Balaban J connectivity index is 2.54. The van der Waals surface area contributed by atoms with Gasteiger partial charge in [-0.15, -0.1) is 5.10 Å². The summed E-state index contributed by atoms with van der Waals surface area (Å²) >= 11 is 0. The van der Waals surface area contributed by atoms with Crippen molar-refractivity contribution < 1.29 is 4.79 Å². The summed E-state index contributed by atoms with van der Waals surface area (Å²) in [5.74, 6) is -0.0387. The van der Waals surface area contributed by atoms with Crippen molar-refractivity contribution in [3.8, 4) is 5.69 Å². The van der Waals surface area contributed by atoms with Crippen LogP contribution in [0.15, 0.2) is 24.4 Å². The van der Waals surface area contributed by atoms with Crippen molar-refractivity contribution in [2.45, 2.75) is 20.8 Å². The van der Waals surface area contributed by atoms with Crippen molar-refractivity contribution >= 4 is 5.78 Å². The summed E-state index contributed by atoms with van der Waals surface area (Å²) in [5.41, 5.74) is 3.75. The predicted molar refractivity (Wildman–Crippen MR) is 60.8 cm³/mol. The molecule has 0 radical (unpaired) electrons. The van der Waals surface area contributed by atoms with Gasteiger partial charge in [0.1, 0.15) is 5.69 Å². The Morgan fingerprint density at radius 1 is 1.25 bits per heavy atom. The average Bonchev–Trinajstić information content (AvgIpc) is 2.71. The van der Waals surface area contributed by atoms with Crippen LogP contribution in [0.1, 0.15) is 28.5 Å². The summed E-state index contributed by atoms with van der Waals surface area (Å²) in [6.07, 6.45) is 1.48. The molecule has 0 saturated carbocycles. The Bertz CT molecular complexity index is 543. The molecule has 1 heterocycles. The van der Waals surface area contributed by atoms with Crippen LogP contribution in [0.25, 0.3) is 5.69 Å². The van der Waals surface area contributed by atoms with E-state index in [-0.39, 0.29) is 5.78 Å². The van der Waals surface area contributed by atoms with Gasteiger partial charge < -0.3 is 0 Å². The van der Waals surface area contributed by atoms with Gasteiger partial charge in [-0.25, -0.2) is 4.68 Å². The lowest BCUT2D eigenvalue weighted by atomic mass is 10.1. The van der Waals surface area contributed by atoms with Crippen LogP contribution in [-0.4, -0.2) is 20.8 Å². The molecule has 0 aliphatic rings. The van der Waals surface area contributed by atoms with Gasteiger partial charge in [-0.05, 0) is 37.1 Å². The second kappa shape index (κ2) is 3.89. The highest BCUT2D eigenvalue weighted by Crippen LogP contribution is 2.14. The lowest BCUT2D eigenvalue weighted by Gasteiger charge is -2.06. The van der Waals surface area contributed by atoms with E-state index in [1.54, 1.807) is 4.68 Å². The lowest BCUT2D eigenvalue weighted by Crippen LogP contribution is -2.06. The molecule has 0 aliphatic carbocycles. The molecule has 2 rings (SSSR count). The van der Waals surface area contributed by atoms with Crippen molar-refractivity contribution in [2.24, 2.45) is 0 Å². The van der Waals surface area contributed by atoms with Crippen LogP contribution in [0, 0.1) is 13.8 Å². The van der Waals surface area contributed by atoms with E-state index in [0.29, 0.717) is 5.69 Å². The molecule has 0 fully saturated rings. The zero-order chi connectivity index (χ0) is 11.7. The molecule has 82 valence electrons. The largest absolute Gasteiger partial charge is 0.293 e. The molecule has 0 bridgehead atoms. The first-order chi connectivity index (χ1) is 7.59. The summed E-state index contributed by atoms with van der Waals surface area (Å²) in [4.78, 5) is 11.4. The molecule has 0 aliphatic heterocycles. The van der Waals surface area contributed by atoms with Crippen molar-refractivity contribution in [3.63, 3.8) is 0 Å². The van der Waals surface area contributed by atoms with Gasteiger partial charge in [0.25, 0.3) is 0 Å². The number of Topliss-reactive ketones (excluding diaryl/α,β-unsaturated/α-hetero) is 1. The van der Waals surface area contributed by atoms with Crippen LogP contribution < -0.4 is 0 Å². The number of carbonyl (C=O) groups excluding carboxylic acids is 1. The molecular weight excluding hydrogens is 202 g/mol. The van der Waals surface area contributed by atoms with Gasteiger partial charge in [0.2, 0.25) is 0 Å². The smallest absolute Gasteiger partial charge is 0.179 e. The van der Waals surface area contributed by atoms with Gasteiger partial charge >= 0.3 is 0 Å². The van der Waals surface area contributed by atoms with Crippen LogP contribution in [0.4, 0.5) is 0 Å². The van der Waals surface area contributed by atoms with Crippen molar-refractivity contribution in [3.05, 3.63) is 41.2 Å². The van der Waals surface area contributed by atoms with Gasteiger partial charge in [-0.1, -0.05) is 11.3 Å². The van der Waals surface area contributed by atoms with E-state index in [9.17, 15) is 4.79 Å². The average molecular weight is 215 g/mol. The summed E-state index contributed by atoms with van der Waals surface area (Å²) in [5, 5.41) is 7.69. The minimum Gasteiger partial charge on any atom is -0.293 e. The maximum atomic E-state index is 11.4. The van der Waals surface area contributed by atoms with Crippen LogP contribution >= 0.6 is 0 Å². The molecule has 0 atom stereocenters. The number of aryl methyl sites for hydroxylation is 2. The van der Waals surface area contributed by atoms with Crippen molar-refractivity contribution in [1.82, 2.24) is 15.0 Å². The quantitative estimate of drug-likeness (QED) is 0.721. The number of aromatic nitrogens is 3. The number of ketones is 1. The minimum absolute atomic E-state index is 0.0387. The minimum atomic E-state index is -0.0387. The summed E-state index contributed by atoms with van der Waals surface area (Å²) in [6, 6.07) is 5.94. The van der Waals surface area contributed by atoms with Crippen LogP contribution in [0.2, 0.25) is 0 Å². The van der Waals surface area contributed by atoms with E-state index in [4.69, 9.17) is 0 Å². The SMILES string of the molecule is CC(=O)c1cnnn1-c1ccc(C)c(C)c1. The number of benzene rings is 1. The fourth-order valence-corrected chi connectivity index (χ4v) is 1.52. The Morgan fingerprint density at radius 3 is 2.62 bits per heavy atom. The van der Waals surface area contributed by atoms with Crippen LogP contribution in [-0.2, 0) is 0 Å². The molecule has 4 nitrogen and oxygen atoms in total. The highest BCUT2D eigenvalue weighted by Gasteiger charge is 2.10. The molecule has 0 saturated heterocycles. The molecule has 4 heteroatoms. The Kier molecular flexibility index (Phi) is 2.56. The maximum Gasteiger partial charge on any atom is 0.179 e. The first kappa shape index (κ1) is 10.5. The van der Waals surface area contributed by atoms with Crippen molar-refractivity contribution in [1.29, 1.82) is 0 Å². The summed E-state index contributed by atoms with van der Waals surface area (Å²) < 4.78 is 1.56. The number of hydrogen-bond donors (Lipinski definition) is 0. The molecule has 0 N–H and O–H groups in total. The number of carbonyl (C=O) groups is 1. The molecule has 1 aromatic heterocycles. The Labute approximate surface area is 93.9 Å². The van der Waals surface area contributed by atoms with Gasteiger partial charge in [-0.3, -0.25) is 4.79 Å². The molecule has 16 heavy (non-hydrogen) atoms. The second-order valence-electron chi connectivity index (χ2n) is 3.86. The monoisotopic (exact) mass is 215 g/mol. The highest BCUT2D eigenvalue weighted by molar-refractivity contribution is 5.92. The molecule has 1 aromatic carbocycles. The van der Waals surface area contributed by atoms with E-state index >= 15 is 0 Å². The number of hydrogen-bond acceptors (Lipinski definition) is 3. The van der Waals surface area contributed by atoms with E-state index in [2.05, 4.69) is 10.3 Å². The Hall–Kier alpha value is -1.97. The zero-order valence-corrected chi connectivity index (χ0v) is 9.56. The standard InChI is InChI=1S/C12H13N3O/c1-8-4-5-11(6-9(8)2)15-12(10(3)16)7-13-14-15/h4-7H,1-3H3. The normalized spacial score (nSPS) is 10.4. The van der Waals surface area contributed by atoms with E-state index in [1.165, 1.54) is 24.2 Å². The van der Waals surface area contributed by atoms with Gasteiger partial charge in [0, 0.05) is 6.92 Å². The fraction of sp³-hybridized carbons (Fsp3) is 0.250. The van der Waals surface area contributed by atoms with Gasteiger partial charge in [0.05, 0.1) is 11.9 Å². The molecule has 0 spiro atoms. The Morgan fingerprint density at radius 2 is 2.00 bits per heavy atom. The number of nitrogens with zero attached hydrogens (tertiary/aromatic N) is 3. The summed E-state index contributed by atoms with van der Waals surface area (Å²) in [7, 11) is 0. The molecule has 2 aromatic rings. The highest BCUT2D eigenvalue weighted by atomic mass is 16.1. The zero-order valence-electron chi connectivity index (χ0n) is 9.56. The predicted octanol–water partition coefficient (Wildman–Crippen LogP) is 2.09. The van der Waals surface area contributed by atoms with Gasteiger partial charge in [0.15, 0.2) is 5.78 Å². The van der Waals surface area contributed by atoms with E-state index < -0.39 is 0 Å². The topological polar surface area (TPSA) is 47.8 Å². The summed E-state index contributed by atoms with van der Waals surface area (Å²) in [6.45, 7) is 5.59. The van der Waals surface area contributed by atoms with Gasteiger partial charge in [-0.2, -0.15) is 0 Å². The van der Waals surface area contributed by atoms with Crippen LogP contribution in [0.5, 0.6) is 0 Å². The lowest BCUT2D eigenvalue weighted by molar-refractivity contribution is 0.101. The number of rotatable bonds is 2. The van der Waals surface area contributed by atoms with Crippen LogP contribution in [0.3, 0.4) is 0 Å². The van der Waals surface area contributed by atoms with E-state index in [1.807, 2.05) is 32.0 Å². The third-order valence-corrected chi connectivity index (χ3v) is 2.65. The third kappa shape index (κ3) is 1.74. The molecule has 0 amide bonds. The molecular formula is C12H13N3O. The first-order valence-electron chi connectivity index (χ1n) is 5.09.